The molecule has 1 aliphatic heterocycles. The van der Waals surface area contributed by atoms with E-state index >= 15 is 0 Å². The SMILES string of the molecule is CN=C(NCc1cccnc1N1CCC(C(N)=O)CC1)N(C)CCOc1ccccc1. The molecule has 8 heteroatoms. The Labute approximate surface area is 184 Å². The summed E-state index contributed by atoms with van der Waals surface area (Å²) in [6.07, 6.45) is 3.34. The van der Waals surface area contributed by atoms with E-state index in [1.165, 1.54) is 0 Å². The predicted molar refractivity (Wildman–Crippen MR) is 123 cm³/mol. The van der Waals surface area contributed by atoms with Gasteiger partial charge in [0.2, 0.25) is 5.91 Å². The van der Waals surface area contributed by atoms with Crippen molar-refractivity contribution in [1.82, 2.24) is 15.2 Å². The molecule has 0 saturated carbocycles. The first-order valence-corrected chi connectivity index (χ1v) is 10.7. The van der Waals surface area contributed by atoms with Crippen molar-refractivity contribution in [2.24, 2.45) is 16.6 Å². The zero-order valence-electron chi connectivity index (χ0n) is 18.3. The van der Waals surface area contributed by atoms with E-state index in [1.807, 2.05) is 48.3 Å². The fourth-order valence-electron chi connectivity index (χ4n) is 3.71. The number of aliphatic imine (C=N–C) groups is 1. The number of aromatic nitrogens is 1. The number of nitrogens with zero attached hydrogens (tertiary/aromatic N) is 4. The number of rotatable bonds is 8. The molecule has 2 heterocycles. The van der Waals surface area contributed by atoms with E-state index in [9.17, 15) is 4.79 Å². The quantitative estimate of drug-likeness (QED) is 0.496. The van der Waals surface area contributed by atoms with Gasteiger partial charge in [-0.2, -0.15) is 0 Å². The molecular weight excluding hydrogens is 392 g/mol. The lowest BCUT2D eigenvalue weighted by atomic mass is 9.96. The predicted octanol–water partition coefficient (Wildman–Crippen LogP) is 1.87. The van der Waals surface area contributed by atoms with E-state index in [-0.39, 0.29) is 11.8 Å². The summed E-state index contributed by atoms with van der Waals surface area (Å²) in [6, 6.07) is 13.8. The first-order valence-electron chi connectivity index (χ1n) is 10.7. The standard InChI is InChI=1S/C23H32N6O2/c1-25-23(28(2)15-16-31-20-8-4-3-5-9-20)27-17-19-7-6-12-26-22(19)29-13-10-18(11-14-29)21(24)30/h3-9,12,18H,10-11,13-17H2,1-2H3,(H2,24,30)(H,25,27). The van der Waals surface area contributed by atoms with Crippen LogP contribution in [0.25, 0.3) is 0 Å². The fraction of sp³-hybridized carbons (Fsp3) is 0.435. The number of carbonyl (C=O) groups excluding carboxylic acids is 1. The molecule has 1 aromatic carbocycles. The number of hydrogen-bond acceptors (Lipinski definition) is 5. The molecule has 1 saturated heterocycles. The summed E-state index contributed by atoms with van der Waals surface area (Å²) in [6.45, 7) is 3.44. The Bertz CT molecular complexity index is 865. The molecule has 3 N–H and O–H groups in total. The third-order valence-corrected chi connectivity index (χ3v) is 5.51. The second-order valence-electron chi connectivity index (χ2n) is 7.63. The molecular formula is C23H32N6O2. The van der Waals surface area contributed by atoms with Crippen molar-refractivity contribution in [3.8, 4) is 5.75 Å². The van der Waals surface area contributed by atoms with Crippen molar-refractivity contribution in [3.63, 3.8) is 0 Å². The molecule has 166 valence electrons. The van der Waals surface area contributed by atoms with Crippen molar-refractivity contribution >= 4 is 17.7 Å². The van der Waals surface area contributed by atoms with Crippen LogP contribution in [0.2, 0.25) is 0 Å². The maximum absolute atomic E-state index is 11.4. The number of piperidine rings is 1. The summed E-state index contributed by atoms with van der Waals surface area (Å²) >= 11 is 0. The number of guanidine groups is 1. The van der Waals surface area contributed by atoms with Gasteiger partial charge in [0, 0.05) is 51.4 Å². The average Bonchev–Trinajstić information content (AvgIpc) is 2.80. The van der Waals surface area contributed by atoms with Crippen molar-refractivity contribution in [2.45, 2.75) is 19.4 Å². The van der Waals surface area contributed by atoms with Crippen LogP contribution in [0.15, 0.2) is 53.7 Å². The topological polar surface area (TPSA) is 96.1 Å². The Morgan fingerprint density at radius 2 is 2.00 bits per heavy atom. The van der Waals surface area contributed by atoms with Gasteiger partial charge in [-0.15, -0.1) is 0 Å². The molecule has 1 amide bonds. The lowest BCUT2D eigenvalue weighted by Crippen LogP contribution is -2.41. The number of amides is 1. The molecule has 3 rings (SSSR count). The van der Waals surface area contributed by atoms with Crippen LogP contribution < -0.4 is 20.7 Å². The Hall–Kier alpha value is -3.29. The van der Waals surface area contributed by atoms with Gasteiger partial charge in [0.1, 0.15) is 18.2 Å². The number of ether oxygens (including phenoxy) is 1. The lowest BCUT2D eigenvalue weighted by Gasteiger charge is -2.32. The largest absolute Gasteiger partial charge is 0.492 e. The number of benzene rings is 1. The number of carbonyl (C=O) groups is 1. The third kappa shape index (κ3) is 6.34. The minimum Gasteiger partial charge on any atom is -0.492 e. The van der Waals surface area contributed by atoms with E-state index in [4.69, 9.17) is 10.5 Å². The van der Waals surface area contributed by atoms with E-state index in [2.05, 4.69) is 26.3 Å². The lowest BCUT2D eigenvalue weighted by molar-refractivity contribution is -0.122. The molecule has 31 heavy (non-hydrogen) atoms. The van der Waals surface area contributed by atoms with Crippen LogP contribution >= 0.6 is 0 Å². The zero-order chi connectivity index (χ0) is 22.1. The summed E-state index contributed by atoms with van der Waals surface area (Å²) in [5.41, 5.74) is 6.56. The molecule has 0 bridgehead atoms. The minimum absolute atomic E-state index is 0.0351. The number of para-hydroxylation sites is 1. The Balaban J connectivity index is 1.53. The fourth-order valence-corrected chi connectivity index (χ4v) is 3.71. The van der Waals surface area contributed by atoms with E-state index in [0.29, 0.717) is 19.7 Å². The van der Waals surface area contributed by atoms with Gasteiger partial charge in [-0.3, -0.25) is 9.79 Å². The maximum atomic E-state index is 11.4. The molecule has 0 spiro atoms. The van der Waals surface area contributed by atoms with Crippen molar-refractivity contribution in [1.29, 1.82) is 0 Å². The smallest absolute Gasteiger partial charge is 0.220 e. The number of likely N-dealkylation sites (N-methyl/N-ethyl adjacent to an activating group) is 1. The highest BCUT2D eigenvalue weighted by Crippen LogP contribution is 2.24. The number of primary amides is 1. The highest BCUT2D eigenvalue weighted by Gasteiger charge is 2.25. The number of hydrogen-bond donors (Lipinski definition) is 2. The van der Waals surface area contributed by atoms with Gasteiger partial charge in [0.25, 0.3) is 0 Å². The first kappa shape index (κ1) is 22.4. The van der Waals surface area contributed by atoms with Crippen LogP contribution in [-0.4, -0.2) is 62.1 Å². The monoisotopic (exact) mass is 424 g/mol. The van der Waals surface area contributed by atoms with E-state index in [1.54, 1.807) is 13.2 Å². The van der Waals surface area contributed by atoms with Crippen molar-refractivity contribution in [2.75, 3.05) is 45.2 Å². The van der Waals surface area contributed by atoms with Crippen LogP contribution in [0, 0.1) is 5.92 Å². The van der Waals surface area contributed by atoms with Gasteiger partial charge in [0.15, 0.2) is 5.96 Å². The molecule has 1 aromatic heterocycles. The van der Waals surface area contributed by atoms with Crippen LogP contribution in [-0.2, 0) is 11.3 Å². The van der Waals surface area contributed by atoms with Gasteiger partial charge in [-0.05, 0) is 31.0 Å². The van der Waals surface area contributed by atoms with Gasteiger partial charge in [-0.25, -0.2) is 4.98 Å². The van der Waals surface area contributed by atoms with Gasteiger partial charge < -0.3 is 25.6 Å². The molecule has 2 aromatic rings. The van der Waals surface area contributed by atoms with Gasteiger partial charge in [-0.1, -0.05) is 24.3 Å². The molecule has 0 unspecified atom stereocenters. The molecule has 0 radical (unpaired) electrons. The second-order valence-corrected chi connectivity index (χ2v) is 7.63. The van der Waals surface area contributed by atoms with Crippen LogP contribution in [0.4, 0.5) is 5.82 Å². The van der Waals surface area contributed by atoms with Crippen molar-refractivity contribution in [3.05, 3.63) is 54.2 Å². The first-order chi connectivity index (χ1) is 15.1. The summed E-state index contributed by atoms with van der Waals surface area (Å²) in [4.78, 5) is 24.7. The van der Waals surface area contributed by atoms with Crippen molar-refractivity contribution < 1.29 is 9.53 Å². The number of nitrogens with two attached hydrogens (primary N) is 1. The molecule has 1 fully saturated rings. The van der Waals surface area contributed by atoms with E-state index < -0.39 is 0 Å². The normalized spacial score (nSPS) is 14.9. The molecule has 0 aliphatic carbocycles. The minimum atomic E-state index is -0.203. The van der Waals surface area contributed by atoms with Crippen LogP contribution in [0.5, 0.6) is 5.75 Å². The third-order valence-electron chi connectivity index (χ3n) is 5.51. The summed E-state index contributed by atoms with van der Waals surface area (Å²) in [5.74, 6) is 2.36. The average molecular weight is 425 g/mol. The van der Waals surface area contributed by atoms with Gasteiger partial charge >= 0.3 is 0 Å². The molecule has 0 atom stereocenters. The number of pyridine rings is 1. The van der Waals surface area contributed by atoms with Crippen LogP contribution in [0.3, 0.4) is 0 Å². The summed E-state index contributed by atoms with van der Waals surface area (Å²) in [7, 11) is 3.76. The highest BCUT2D eigenvalue weighted by atomic mass is 16.5. The van der Waals surface area contributed by atoms with Gasteiger partial charge in [0.05, 0.1) is 6.54 Å². The summed E-state index contributed by atoms with van der Waals surface area (Å²) < 4.78 is 5.78. The Morgan fingerprint density at radius 3 is 2.68 bits per heavy atom. The highest BCUT2D eigenvalue weighted by molar-refractivity contribution is 5.79. The molecule has 8 nitrogen and oxygen atoms in total. The van der Waals surface area contributed by atoms with Crippen LogP contribution in [0.1, 0.15) is 18.4 Å². The zero-order valence-corrected chi connectivity index (χ0v) is 18.3. The Kier molecular flexibility index (Phi) is 8.09. The maximum Gasteiger partial charge on any atom is 0.220 e. The summed E-state index contributed by atoms with van der Waals surface area (Å²) in [5, 5.41) is 3.42. The number of nitrogens with one attached hydrogen (secondary N) is 1. The number of anilines is 1. The molecule has 1 aliphatic rings. The second kappa shape index (κ2) is 11.2. The Morgan fingerprint density at radius 1 is 1.26 bits per heavy atom. The van der Waals surface area contributed by atoms with E-state index in [0.717, 1.165) is 49.0 Å².